The lowest BCUT2D eigenvalue weighted by molar-refractivity contribution is -0.121. The van der Waals surface area contributed by atoms with E-state index in [9.17, 15) is 9.59 Å². The maximum absolute atomic E-state index is 12.3. The van der Waals surface area contributed by atoms with Gasteiger partial charge in [-0.25, -0.2) is 0 Å². The number of nitrogens with one attached hydrogen (secondary N) is 1. The van der Waals surface area contributed by atoms with Crippen molar-refractivity contribution in [3.8, 4) is 5.75 Å². The normalized spacial score (nSPS) is 12.9. The first-order chi connectivity index (χ1) is 12.1. The summed E-state index contributed by atoms with van der Waals surface area (Å²) in [4.78, 5) is 25.8. The number of hydrogen-bond acceptors (Lipinski definition) is 3. The number of benzene rings is 2. The van der Waals surface area contributed by atoms with Crippen LogP contribution in [-0.4, -0.2) is 36.4 Å². The number of carbonyl (C=O) groups is 2. The molecule has 0 spiro atoms. The Hall–Kier alpha value is -2.79. The van der Waals surface area contributed by atoms with Crippen LogP contribution in [0.15, 0.2) is 55.1 Å². The van der Waals surface area contributed by atoms with E-state index in [2.05, 4.69) is 11.9 Å². The van der Waals surface area contributed by atoms with Gasteiger partial charge in [0.1, 0.15) is 18.9 Å². The highest BCUT2D eigenvalue weighted by atomic mass is 35.5. The highest BCUT2D eigenvalue weighted by Gasteiger charge is 2.31. The van der Waals surface area contributed by atoms with E-state index in [1.807, 2.05) is 12.1 Å². The minimum absolute atomic E-state index is 0.0622. The summed E-state index contributed by atoms with van der Waals surface area (Å²) in [6.45, 7) is 4.51. The molecule has 0 unspecified atom stereocenters. The zero-order valence-corrected chi connectivity index (χ0v) is 14.3. The number of carbonyl (C=O) groups excluding carboxylic acids is 2. The lowest BCUT2D eigenvalue weighted by Crippen LogP contribution is -2.38. The summed E-state index contributed by atoms with van der Waals surface area (Å²) in [7, 11) is 0. The number of fused-ring (bicyclic) bond motifs is 1. The van der Waals surface area contributed by atoms with Gasteiger partial charge in [0.05, 0.1) is 6.54 Å². The second-order valence-corrected chi connectivity index (χ2v) is 5.97. The maximum atomic E-state index is 12.3. The zero-order valence-electron chi connectivity index (χ0n) is 13.5. The van der Waals surface area contributed by atoms with Crippen molar-refractivity contribution >= 4 is 29.1 Å². The number of hydrogen-bond donors (Lipinski definition) is 1. The van der Waals surface area contributed by atoms with Gasteiger partial charge in [-0.05, 0) is 30.3 Å². The molecule has 0 saturated heterocycles. The third-order valence-electron chi connectivity index (χ3n) is 3.85. The summed E-state index contributed by atoms with van der Waals surface area (Å²) in [5.74, 6) is 0.215. The van der Waals surface area contributed by atoms with Crippen LogP contribution in [0.25, 0.3) is 5.70 Å². The van der Waals surface area contributed by atoms with E-state index in [1.165, 1.54) is 4.90 Å². The van der Waals surface area contributed by atoms with Crippen molar-refractivity contribution in [1.29, 1.82) is 0 Å². The van der Waals surface area contributed by atoms with Crippen LogP contribution in [-0.2, 0) is 4.79 Å². The minimum atomic E-state index is -0.262. The van der Waals surface area contributed by atoms with Crippen LogP contribution in [0.1, 0.15) is 15.9 Å². The van der Waals surface area contributed by atoms with E-state index in [-0.39, 0.29) is 18.4 Å². The predicted octanol–water partition coefficient (Wildman–Crippen LogP) is 2.96. The lowest BCUT2D eigenvalue weighted by Gasteiger charge is -2.17. The molecule has 6 heteroatoms. The molecule has 0 saturated carbocycles. The summed E-state index contributed by atoms with van der Waals surface area (Å²) >= 11 is 5.80. The molecule has 25 heavy (non-hydrogen) atoms. The fourth-order valence-corrected chi connectivity index (χ4v) is 2.72. The van der Waals surface area contributed by atoms with Crippen molar-refractivity contribution in [2.24, 2.45) is 0 Å². The number of nitrogens with zero attached hydrogens (tertiary/aromatic N) is 1. The van der Waals surface area contributed by atoms with Crippen molar-refractivity contribution in [3.05, 3.63) is 71.3 Å². The lowest BCUT2D eigenvalue weighted by atomic mass is 10.1. The highest BCUT2D eigenvalue weighted by molar-refractivity contribution is 6.30. The van der Waals surface area contributed by atoms with Gasteiger partial charge in [0.2, 0.25) is 5.91 Å². The van der Waals surface area contributed by atoms with E-state index >= 15 is 0 Å². The quantitative estimate of drug-likeness (QED) is 0.809. The summed E-state index contributed by atoms with van der Waals surface area (Å²) < 4.78 is 5.50. The number of ether oxygens (including phenoxy) is 1. The molecule has 1 aliphatic heterocycles. The van der Waals surface area contributed by atoms with Crippen molar-refractivity contribution in [1.82, 2.24) is 10.2 Å². The van der Waals surface area contributed by atoms with E-state index in [4.69, 9.17) is 16.3 Å². The first-order valence-corrected chi connectivity index (χ1v) is 8.19. The second kappa shape index (κ2) is 7.40. The third-order valence-corrected chi connectivity index (χ3v) is 4.10. The molecule has 0 atom stereocenters. The largest absolute Gasteiger partial charge is 0.492 e. The van der Waals surface area contributed by atoms with Gasteiger partial charge in [-0.3, -0.25) is 14.5 Å². The molecule has 0 aliphatic carbocycles. The summed E-state index contributed by atoms with van der Waals surface area (Å²) in [6, 6.07) is 14.2. The summed E-state index contributed by atoms with van der Waals surface area (Å²) in [6.07, 6.45) is 0. The number of halogens is 1. The van der Waals surface area contributed by atoms with Crippen molar-refractivity contribution in [2.45, 2.75) is 0 Å². The average molecular weight is 357 g/mol. The molecule has 1 aliphatic rings. The molecule has 128 valence electrons. The Kier molecular flexibility index (Phi) is 5.05. The summed E-state index contributed by atoms with van der Waals surface area (Å²) in [5, 5.41) is 3.37. The number of rotatable bonds is 6. The molecule has 0 aromatic heterocycles. The summed E-state index contributed by atoms with van der Waals surface area (Å²) in [5.41, 5.74) is 1.89. The molecule has 1 N–H and O–H groups in total. The molecule has 3 rings (SSSR count). The monoisotopic (exact) mass is 356 g/mol. The van der Waals surface area contributed by atoms with Gasteiger partial charge in [-0.2, -0.15) is 0 Å². The van der Waals surface area contributed by atoms with Gasteiger partial charge >= 0.3 is 0 Å². The van der Waals surface area contributed by atoms with E-state index in [0.717, 1.165) is 5.56 Å². The van der Waals surface area contributed by atoms with Crippen LogP contribution in [0, 0.1) is 0 Å². The van der Waals surface area contributed by atoms with Gasteiger partial charge in [-0.1, -0.05) is 36.4 Å². The van der Waals surface area contributed by atoms with Crippen LogP contribution in [0.5, 0.6) is 5.75 Å². The van der Waals surface area contributed by atoms with Crippen LogP contribution in [0.4, 0.5) is 0 Å². The molecule has 0 radical (unpaired) electrons. The van der Waals surface area contributed by atoms with Crippen LogP contribution in [0.3, 0.4) is 0 Å². The first-order valence-electron chi connectivity index (χ1n) is 7.81. The predicted molar refractivity (Wildman–Crippen MR) is 96.5 cm³/mol. The van der Waals surface area contributed by atoms with Crippen LogP contribution < -0.4 is 10.1 Å². The molecule has 1 heterocycles. The minimum Gasteiger partial charge on any atom is -0.492 e. The first kappa shape index (κ1) is 17.0. The Bertz CT molecular complexity index is 783. The van der Waals surface area contributed by atoms with Gasteiger partial charge < -0.3 is 10.1 Å². The van der Waals surface area contributed by atoms with Crippen molar-refractivity contribution in [2.75, 3.05) is 19.7 Å². The van der Waals surface area contributed by atoms with Crippen molar-refractivity contribution in [3.63, 3.8) is 0 Å². The Labute approximate surface area is 150 Å². The SMILES string of the molecule is C=C1c2ccccc2C(=O)N1CC(=O)NCCOc1ccc(Cl)cc1. The van der Waals surface area contributed by atoms with Gasteiger partial charge in [0.15, 0.2) is 0 Å². The second-order valence-electron chi connectivity index (χ2n) is 5.54. The van der Waals surface area contributed by atoms with Crippen LogP contribution >= 0.6 is 11.6 Å². The molecule has 2 aromatic carbocycles. The van der Waals surface area contributed by atoms with Gasteiger partial charge in [-0.15, -0.1) is 0 Å². The fourth-order valence-electron chi connectivity index (χ4n) is 2.59. The maximum Gasteiger partial charge on any atom is 0.259 e. The fraction of sp³-hybridized carbons (Fsp3) is 0.158. The van der Waals surface area contributed by atoms with Crippen LogP contribution in [0.2, 0.25) is 5.02 Å². The Morgan fingerprint density at radius 1 is 1.12 bits per heavy atom. The molecule has 2 amide bonds. The molecule has 0 fully saturated rings. The van der Waals surface area contributed by atoms with E-state index in [1.54, 1.807) is 36.4 Å². The number of amides is 2. The average Bonchev–Trinajstić information content (AvgIpc) is 2.86. The third kappa shape index (κ3) is 3.83. The highest BCUT2D eigenvalue weighted by Crippen LogP contribution is 2.30. The molecule has 0 bridgehead atoms. The van der Waals surface area contributed by atoms with Crippen molar-refractivity contribution < 1.29 is 14.3 Å². The molecule has 2 aromatic rings. The van der Waals surface area contributed by atoms with E-state index < -0.39 is 0 Å². The smallest absolute Gasteiger partial charge is 0.259 e. The van der Waals surface area contributed by atoms with Gasteiger partial charge in [0, 0.05) is 21.8 Å². The van der Waals surface area contributed by atoms with Gasteiger partial charge in [0.25, 0.3) is 5.91 Å². The zero-order chi connectivity index (χ0) is 17.8. The standard InChI is InChI=1S/C19H17ClN2O3/c1-13-16-4-2-3-5-17(16)19(24)22(13)12-18(23)21-10-11-25-15-8-6-14(20)7-9-15/h2-9H,1,10-12H2,(H,21,23). The Morgan fingerprint density at radius 3 is 2.48 bits per heavy atom. The molecular formula is C19H17ClN2O3. The Balaban J connectivity index is 1.46. The van der Waals surface area contributed by atoms with E-state index in [0.29, 0.717) is 35.2 Å². The Morgan fingerprint density at radius 2 is 1.80 bits per heavy atom. The molecule has 5 nitrogen and oxygen atoms in total. The topological polar surface area (TPSA) is 58.6 Å². The molecular weight excluding hydrogens is 340 g/mol.